The molecule has 2 unspecified atom stereocenters. The molecule has 2 atom stereocenters. The van der Waals surface area contributed by atoms with Gasteiger partial charge in [0.05, 0.1) is 13.2 Å². The summed E-state index contributed by atoms with van der Waals surface area (Å²) in [4.78, 5) is 37.3. The van der Waals surface area contributed by atoms with Crippen LogP contribution in [0.4, 0.5) is 0 Å². The zero-order valence-corrected chi connectivity index (χ0v) is 33.6. The number of aliphatic hydroxyl groups is 2. The number of unbranched alkanes of at least 4 members (excludes halogenated alkanes) is 22. The van der Waals surface area contributed by atoms with Crippen molar-refractivity contribution in [1.29, 1.82) is 0 Å². The molecule has 10 heteroatoms. The van der Waals surface area contributed by atoms with Crippen LogP contribution < -0.4 is 5.73 Å². The van der Waals surface area contributed by atoms with E-state index in [2.05, 4.69) is 38.2 Å². The first kappa shape index (κ1) is 49.8. The molecule has 0 aliphatic carbocycles. The van der Waals surface area contributed by atoms with Crippen LogP contribution in [0.3, 0.4) is 0 Å². The molecule has 0 aliphatic rings. The van der Waals surface area contributed by atoms with Crippen molar-refractivity contribution in [3.63, 3.8) is 0 Å². The summed E-state index contributed by atoms with van der Waals surface area (Å²) >= 11 is 0. The SMILES string of the molecule is CCCCCCCC/C=C/CCCCCCCC(=O)C(CN)(OP(=O)(O)OCC(O)CO)C(=O)CCCCCCC/C=C/CCCCCCCC. The van der Waals surface area contributed by atoms with Gasteiger partial charge in [-0.25, -0.2) is 4.57 Å². The van der Waals surface area contributed by atoms with Crippen molar-refractivity contribution >= 4 is 19.4 Å². The van der Waals surface area contributed by atoms with E-state index in [9.17, 15) is 24.2 Å². The van der Waals surface area contributed by atoms with E-state index in [1.165, 1.54) is 77.0 Å². The van der Waals surface area contributed by atoms with Crippen molar-refractivity contribution in [2.75, 3.05) is 19.8 Å². The van der Waals surface area contributed by atoms with E-state index >= 15 is 0 Å². The largest absolute Gasteiger partial charge is 0.473 e. The minimum Gasteiger partial charge on any atom is -0.394 e. The summed E-state index contributed by atoms with van der Waals surface area (Å²) in [5.41, 5.74) is 3.66. The van der Waals surface area contributed by atoms with Crippen molar-refractivity contribution in [2.24, 2.45) is 5.73 Å². The first-order valence-electron chi connectivity index (χ1n) is 20.7. The minimum absolute atomic E-state index is 0.00720. The Labute approximate surface area is 312 Å². The number of aliphatic hydroxyl groups excluding tert-OH is 2. The van der Waals surface area contributed by atoms with Gasteiger partial charge in [0.1, 0.15) is 6.10 Å². The first-order chi connectivity index (χ1) is 24.7. The van der Waals surface area contributed by atoms with Gasteiger partial charge in [0.2, 0.25) is 5.60 Å². The molecule has 0 amide bonds. The Morgan fingerprint density at radius 3 is 1.29 bits per heavy atom. The number of nitrogens with two attached hydrogens (primary N) is 1. The maximum Gasteiger partial charge on any atom is 0.473 e. The van der Waals surface area contributed by atoms with Crippen LogP contribution in [-0.4, -0.2) is 58.1 Å². The van der Waals surface area contributed by atoms with Crippen LogP contribution in [0.2, 0.25) is 0 Å². The quantitative estimate of drug-likeness (QED) is 0.0208. The number of ketones is 2. The zero-order chi connectivity index (χ0) is 37.9. The van der Waals surface area contributed by atoms with Crippen LogP contribution in [-0.2, 0) is 23.2 Å². The maximum absolute atomic E-state index is 13.5. The molecule has 5 N–H and O–H groups in total. The highest BCUT2D eigenvalue weighted by molar-refractivity contribution is 7.47. The molecule has 9 nitrogen and oxygen atoms in total. The molecule has 0 aromatic heterocycles. The summed E-state index contributed by atoms with van der Waals surface area (Å²) in [5, 5.41) is 18.6. The smallest absolute Gasteiger partial charge is 0.394 e. The standard InChI is InChI=1S/C41H78NO8P/c1-3-5-7-9-11-13-15-17-19-21-23-25-27-29-31-33-39(45)41(37-42,50-51(47,48)49-36-38(44)35-43)40(46)34-32-30-28-26-24-22-20-18-16-14-12-10-8-6-4-2/h17-20,38,43-44H,3-16,21-37,42H2,1-2H3,(H,47,48)/b19-17+,20-18+. The van der Waals surface area contributed by atoms with E-state index in [0.717, 1.165) is 77.0 Å². The van der Waals surface area contributed by atoms with E-state index in [-0.39, 0.29) is 12.8 Å². The lowest BCUT2D eigenvalue weighted by Gasteiger charge is -2.31. The zero-order valence-electron chi connectivity index (χ0n) is 32.7. The van der Waals surface area contributed by atoms with E-state index in [4.69, 9.17) is 19.9 Å². The number of rotatable bonds is 39. The van der Waals surface area contributed by atoms with Gasteiger partial charge in [-0.05, 0) is 64.2 Å². The highest BCUT2D eigenvalue weighted by Crippen LogP contribution is 2.48. The van der Waals surface area contributed by atoms with Crippen LogP contribution in [0, 0.1) is 0 Å². The Morgan fingerprint density at radius 1 is 0.627 bits per heavy atom. The second-order valence-electron chi connectivity index (χ2n) is 14.2. The number of hydrogen-bond acceptors (Lipinski definition) is 8. The van der Waals surface area contributed by atoms with Crippen LogP contribution in [0.15, 0.2) is 24.3 Å². The Balaban J connectivity index is 4.70. The summed E-state index contributed by atoms with van der Waals surface area (Å²) in [5.74, 6) is -1.25. The topological polar surface area (TPSA) is 156 Å². The number of allylic oxidation sites excluding steroid dienone is 4. The van der Waals surface area contributed by atoms with Crippen molar-refractivity contribution in [3.05, 3.63) is 24.3 Å². The van der Waals surface area contributed by atoms with Crippen molar-refractivity contribution < 1.29 is 38.3 Å². The van der Waals surface area contributed by atoms with Gasteiger partial charge >= 0.3 is 7.82 Å². The van der Waals surface area contributed by atoms with Crippen molar-refractivity contribution in [1.82, 2.24) is 0 Å². The van der Waals surface area contributed by atoms with Gasteiger partial charge in [-0.3, -0.25) is 18.6 Å². The lowest BCUT2D eigenvalue weighted by atomic mass is 9.87. The van der Waals surface area contributed by atoms with Gasteiger partial charge in [-0.2, -0.15) is 0 Å². The number of phosphoric acid groups is 1. The average molecular weight is 744 g/mol. The molecule has 0 fully saturated rings. The van der Waals surface area contributed by atoms with E-state index in [0.29, 0.717) is 12.8 Å². The highest BCUT2D eigenvalue weighted by atomic mass is 31.2. The number of hydrogen-bond donors (Lipinski definition) is 4. The van der Waals surface area contributed by atoms with Gasteiger partial charge in [0.15, 0.2) is 11.6 Å². The van der Waals surface area contributed by atoms with Crippen molar-refractivity contribution in [3.8, 4) is 0 Å². The molecule has 0 radical (unpaired) electrons. The molecule has 300 valence electrons. The molecule has 0 spiro atoms. The van der Waals surface area contributed by atoms with Crippen molar-refractivity contribution in [2.45, 2.75) is 205 Å². The molecule has 0 aromatic rings. The third kappa shape index (κ3) is 28.0. The summed E-state index contributed by atoms with van der Waals surface area (Å²) in [6.45, 7) is 2.50. The summed E-state index contributed by atoms with van der Waals surface area (Å²) < 4.78 is 22.9. The van der Waals surface area contributed by atoms with Gasteiger partial charge in [-0.1, -0.05) is 141 Å². The van der Waals surface area contributed by atoms with Crippen LogP contribution in [0.1, 0.15) is 194 Å². The maximum atomic E-state index is 13.5. The Bertz CT molecular complexity index is 889. The predicted octanol–water partition coefficient (Wildman–Crippen LogP) is 10.4. The monoisotopic (exact) mass is 744 g/mol. The fourth-order valence-corrected chi connectivity index (χ4v) is 7.18. The van der Waals surface area contributed by atoms with E-state index in [1.807, 2.05) is 0 Å². The number of Topliss-reactive ketones (excluding diaryl/α,β-unsaturated/α-hetero) is 2. The Morgan fingerprint density at radius 2 is 0.961 bits per heavy atom. The lowest BCUT2D eigenvalue weighted by molar-refractivity contribution is -0.149. The summed E-state index contributed by atoms with van der Waals surface area (Å²) in [6.07, 6.45) is 36.4. The summed E-state index contributed by atoms with van der Waals surface area (Å²) in [6, 6.07) is 0. The van der Waals surface area contributed by atoms with Gasteiger partial charge in [0, 0.05) is 19.4 Å². The van der Waals surface area contributed by atoms with E-state index < -0.39 is 50.9 Å². The van der Waals surface area contributed by atoms with Gasteiger partial charge in [0.25, 0.3) is 0 Å². The fourth-order valence-electron chi connectivity index (χ4n) is 6.09. The molecule has 0 bridgehead atoms. The van der Waals surface area contributed by atoms with Crippen LogP contribution >= 0.6 is 7.82 Å². The molecule has 0 saturated heterocycles. The second-order valence-corrected chi connectivity index (χ2v) is 15.6. The molecular formula is C41H78NO8P. The van der Waals surface area contributed by atoms with Gasteiger partial charge in [-0.15, -0.1) is 0 Å². The molecular weight excluding hydrogens is 665 g/mol. The molecule has 0 aromatic carbocycles. The number of carbonyl (C=O) groups excluding carboxylic acids is 2. The molecule has 0 saturated carbocycles. The average Bonchev–Trinajstić information content (AvgIpc) is 3.12. The van der Waals surface area contributed by atoms with Crippen LogP contribution in [0.25, 0.3) is 0 Å². The fraction of sp³-hybridized carbons (Fsp3) is 0.854. The number of carbonyl (C=O) groups is 2. The Kier molecular flexibility index (Phi) is 33.8. The molecule has 0 rings (SSSR count). The minimum atomic E-state index is -4.96. The Hall–Kier alpha value is -1.19. The lowest BCUT2D eigenvalue weighted by Crippen LogP contribution is -2.54. The third-order valence-corrected chi connectivity index (χ3v) is 10.4. The summed E-state index contributed by atoms with van der Waals surface area (Å²) in [7, 11) is -4.96. The van der Waals surface area contributed by atoms with Gasteiger partial charge < -0.3 is 20.8 Å². The highest BCUT2D eigenvalue weighted by Gasteiger charge is 2.49. The normalized spacial score (nSPS) is 14.1. The number of phosphoric ester groups is 1. The predicted molar refractivity (Wildman–Crippen MR) is 211 cm³/mol. The second kappa shape index (κ2) is 34.6. The first-order valence-corrected chi connectivity index (χ1v) is 22.2. The third-order valence-electron chi connectivity index (χ3n) is 9.43. The molecule has 0 heterocycles. The van der Waals surface area contributed by atoms with Crippen LogP contribution in [0.5, 0.6) is 0 Å². The molecule has 51 heavy (non-hydrogen) atoms. The molecule has 0 aliphatic heterocycles. The van der Waals surface area contributed by atoms with E-state index in [1.54, 1.807) is 0 Å².